The van der Waals surface area contributed by atoms with Crippen molar-refractivity contribution in [2.24, 2.45) is 0 Å². The van der Waals surface area contributed by atoms with Crippen LogP contribution in [0.1, 0.15) is 18.7 Å². The van der Waals surface area contributed by atoms with Crippen molar-refractivity contribution >= 4 is 0 Å². The molecule has 4 nitrogen and oxygen atoms in total. The summed E-state index contributed by atoms with van der Waals surface area (Å²) in [4.78, 5) is 13.6. The van der Waals surface area contributed by atoms with E-state index in [9.17, 15) is 4.79 Å². The summed E-state index contributed by atoms with van der Waals surface area (Å²) in [6, 6.07) is -0.145. The first kappa shape index (κ1) is 8.07. The van der Waals surface area contributed by atoms with Crippen molar-refractivity contribution in [2.45, 2.75) is 19.9 Å². The lowest BCUT2D eigenvalue weighted by Gasteiger charge is -2.09. The van der Waals surface area contributed by atoms with Gasteiger partial charge in [0.15, 0.2) is 0 Å². The molecule has 1 unspecified atom stereocenters. The van der Waals surface area contributed by atoms with Crippen molar-refractivity contribution in [3.8, 4) is 0 Å². The molecule has 0 amide bonds. The van der Waals surface area contributed by atoms with E-state index in [4.69, 9.17) is 5.11 Å². The lowest BCUT2D eigenvalue weighted by Crippen LogP contribution is -2.23. The molecule has 0 fully saturated rings. The Morgan fingerprint density at radius 2 is 2.45 bits per heavy atom. The van der Waals surface area contributed by atoms with E-state index in [-0.39, 0.29) is 18.3 Å². The smallest absolute Gasteiger partial charge is 0.326 e. The van der Waals surface area contributed by atoms with Crippen LogP contribution in [0, 0.1) is 6.92 Å². The summed E-state index contributed by atoms with van der Waals surface area (Å²) in [7, 11) is 0. The second-order valence-corrected chi connectivity index (χ2v) is 2.64. The quantitative estimate of drug-likeness (QED) is 0.635. The SMILES string of the molecule is Cc1c[nH]c(=O)n1C(C)CO. The van der Waals surface area contributed by atoms with Crippen LogP contribution in [0.2, 0.25) is 0 Å². The Hall–Kier alpha value is -1.03. The van der Waals surface area contributed by atoms with Gasteiger partial charge in [-0.15, -0.1) is 0 Å². The van der Waals surface area contributed by atoms with Gasteiger partial charge in [0.2, 0.25) is 0 Å². The first-order valence-corrected chi connectivity index (χ1v) is 3.54. The molecule has 0 bridgehead atoms. The van der Waals surface area contributed by atoms with Crippen molar-refractivity contribution in [3.05, 3.63) is 22.4 Å². The van der Waals surface area contributed by atoms with Crippen LogP contribution in [0.5, 0.6) is 0 Å². The number of H-pyrrole nitrogens is 1. The number of imidazole rings is 1. The molecule has 2 N–H and O–H groups in total. The highest BCUT2D eigenvalue weighted by atomic mass is 16.3. The minimum absolute atomic E-state index is 0.0153. The van der Waals surface area contributed by atoms with Gasteiger partial charge in [0.1, 0.15) is 0 Å². The van der Waals surface area contributed by atoms with Gasteiger partial charge in [-0.25, -0.2) is 4.79 Å². The van der Waals surface area contributed by atoms with Crippen LogP contribution >= 0.6 is 0 Å². The van der Waals surface area contributed by atoms with Crippen LogP contribution in [0.15, 0.2) is 11.0 Å². The maximum Gasteiger partial charge on any atom is 0.326 e. The number of hydrogen-bond donors (Lipinski definition) is 2. The Bertz CT molecular complexity index is 287. The maximum atomic E-state index is 11.0. The number of nitrogens with zero attached hydrogens (tertiary/aromatic N) is 1. The van der Waals surface area contributed by atoms with E-state index in [0.717, 1.165) is 5.69 Å². The molecule has 0 aliphatic heterocycles. The standard InChI is InChI=1S/C7H12N2O2/c1-5-3-8-7(11)9(5)6(2)4-10/h3,6,10H,4H2,1-2H3,(H,8,11). The van der Waals surface area contributed by atoms with Crippen LogP contribution in [-0.4, -0.2) is 21.3 Å². The number of aryl methyl sites for hydroxylation is 1. The van der Waals surface area contributed by atoms with Crippen LogP contribution < -0.4 is 5.69 Å². The van der Waals surface area contributed by atoms with Gasteiger partial charge in [0.05, 0.1) is 12.6 Å². The van der Waals surface area contributed by atoms with Gasteiger partial charge in [-0.3, -0.25) is 4.57 Å². The van der Waals surface area contributed by atoms with E-state index in [1.165, 1.54) is 4.57 Å². The summed E-state index contributed by atoms with van der Waals surface area (Å²) >= 11 is 0. The number of rotatable bonds is 2. The molecule has 0 aliphatic carbocycles. The Kier molecular flexibility index (Phi) is 2.14. The van der Waals surface area contributed by atoms with Crippen molar-refractivity contribution in [1.82, 2.24) is 9.55 Å². The number of nitrogens with one attached hydrogen (secondary N) is 1. The highest BCUT2D eigenvalue weighted by Crippen LogP contribution is 2.03. The molecule has 0 aliphatic rings. The van der Waals surface area contributed by atoms with Crippen molar-refractivity contribution < 1.29 is 5.11 Å². The summed E-state index contributed by atoms with van der Waals surface area (Å²) in [5, 5.41) is 8.78. The normalized spacial score (nSPS) is 13.4. The molecule has 1 rings (SSSR count). The lowest BCUT2D eigenvalue weighted by atomic mass is 10.3. The van der Waals surface area contributed by atoms with Gasteiger partial charge in [-0.05, 0) is 13.8 Å². The first-order chi connectivity index (χ1) is 5.16. The van der Waals surface area contributed by atoms with Crippen molar-refractivity contribution in [1.29, 1.82) is 0 Å². The average molecular weight is 156 g/mol. The highest BCUT2D eigenvalue weighted by Gasteiger charge is 2.07. The summed E-state index contributed by atoms with van der Waals surface area (Å²) in [5.74, 6) is 0. The summed E-state index contributed by atoms with van der Waals surface area (Å²) < 4.78 is 1.53. The van der Waals surface area contributed by atoms with Gasteiger partial charge in [-0.1, -0.05) is 0 Å². The Labute approximate surface area is 64.5 Å². The minimum atomic E-state index is -0.163. The van der Waals surface area contributed by atoms with Gasteiger partial charge >= 0.3 is 5.69 Å². The molecule has 1 heterocycles. The zero-order valence-electron chi connectivity index (χ0n) is 6.66. The number of aliphatic hydroxyl groups excluding tert-OH is 1. The van der Waals surface area contributed by atoms with E-state index in [1.807, 2.05) is 6.92 Å². The molecular weight excluding hydrogens is 144 g/mol. The number of aromatic amines is 1. The van der Waals surface area contributed by atoms with E-state index >= 15 is 0 Å². The fourth-order valence-electron chi connectivity index (χ4n) is 1.09. The van der Waals surface area contributed by atoms with E-state index in [2.05, 4.69) is 4.98 Å². The third-order valence-corrected chi connectivity index (χ3v) is 1.71. The van der Waals surface area contributed by atoms with Gasteiger partial charge in [0, 0.05) is 11.9 Å². The largest absolute Gasteiger partial charge is 0.394 e. The lowest BCUT2D eigenvalue weighted by molar-refractivity contribution is 0.235. The molecular formula is C7H12N2O2. The molecule has 1 aromatic heterocycles. The third-order valence-electron chi connectivity index (χ3n) is 1.71. The summed E-state index contributed by atoms with van der Waals surface area (Å²) in [5.41, 5.74) is 0.681. The fourth-order valence-corrected chi connectivity index (χ4v) is 1.09. The molecule has 1 aromatic rings. The predicted octanol–water partition coefficient (Wildman–Crippen LogP) is 0.0381. The summed E-state index contributed by atoms with van der Waals surface area (Å²) in [6.45, 7) is 3.60. The monoisotopic (exact) mass is 156 g/mol. The number of aromatic nitrogens is 2. The molecule has 62 valence electrons. The van der Waals surface area contributed by atoms with Gasteiger partial charge in [-0.2, -0.15) is 0 Å². The minimum Gasteiger partial charge on any atom is -0.394 e. The summed E-state index contributed by atoms with van der Waals surface area (Å²) in [6.07, 6.45) is 1.63. The van der Waals surface area contributed by atoms with Crippen molar-refractivity contribution in [2.75, 3.05) is 6.61 Å². The molecule has 0 radical (unpaired) electrons. The van der Waals surface area contributed by atoms with Gasteiger partial charge < -0.3 is 10.1 Å². The first-order valence-electron chi connectivity index (χ1n) is 3.54. The molecule has 0 saturated heterocycles. The Morgan fingerprint density at radius 1 is 1.82 bits per heavy atom. The molecule has 0 saturated carbocycles. The van der Waals surface area contributed by atoms with Gasteiger partial charge in [0.25, 0.3) is 0 Å². The van der Waals surface area contributed by atoms with Crippen molar-refractivity contribution in [3.63, 3.8) is 0 Å². The zero-order valence-corrected chi connectivity index (χ0v) is 6.66. The second kappa shape index (κ2) is 2.92. The average Bonchev–Trinajstić information content (AvgIpc) is 2.30. The second-order valence-electron chi connectivity index (χ2n) is 2.64. The molecule has 0 spiro atoms. The van der Waals surface area contributed by atoms with Crippen LogP contribution in [0.4, 0.5) is 0 Å². The molecule has 4 heteroatoms. The Morgan fingerprint density at radius 3 is 2.82 bits per heavy atom. The van der Waals surface area contributed by atoms with Crippen LogP contribution in [0.25, 0.3) is 0 Å². The maximum absolute atomic E-state index is 11.0. The molecule has 1 atom stereocenters. The number of aliphatic hydroxyl groups is 1. The third kappa shape index (κ3) is 1.35. The van der Waals surface area contributed by atoms with E-state index in [0.29, 0.717) is 0 Å². The van der Waals surface area contributed by atoms with Crippen LogP contribution in [0.3, 0.4) is 0 Å². The predicted molar refractivity (Wildman–Crippen MR) is 41.6 cm³/mol. The van der Waals surface area contributed by atoms with E-state index < -0.39 is 0 Å². The molecule has 11 heavy (non-hydrogen) atoms. The topological polar surface area (TPSA) is 58.0 Å². The van der Waals surface area contributed by atoms with E-state index in [1.54, 1.807) is 13.1 Å². The highest BCUT2D eigenvalue weighted by molar-refractivity contribution is 4.96. The Balaban J connectivity index is 3.10. The zero-order chi connectivity index (χ0) is 8.43. The molecule has 0 aromatic carbocycles. The van der Waals surface area contributed by atoms with Crippen LogP contribution in [-0.2, 0) is 0 Å². The fraction of sp³-hybridized carbons (Fsp3) is 0.571. The number of hydrogen-bond acceptors (Lipinski definition) is 2.